The molecule has 1 aromatic carbocycles. The average Bonchev–Trinajstić information content (AvgIpc) is 2.42. The fourth-order valence-electron chi connectivity index (χ4n) is 1.71. The number of nitriles is 1. The number of allylic oxidation sites excluding steroid dienone is 1. The molecule has 0 radical (unpaired) electrons. The van der Waals surface area contributed by atoms with E-state index in [2.05, 4.69) is 16.7 Å². The Hall–Kier alpha value is -1.86. The van der Waals surface area contributed by atoms with Crippen molar-refractivity contribution in [2.75, 3.05) is 13.1 Å². The average molecular weight is 243 g/mol. The van der Waals surface area contributed by atoms with Crippen molar-refractivity contribution in [3.63, 3.8) is 0 Å². The largest absolute Gasteiger partial charge is 0.371 e. The number of nitrogens with zero attached hydrogens (tertiary/aromatic N) is 1. The van der Waals surface area contributed by atoms with Crippen LogP contribution in [0.15, 0.2) is 41.7 Å². The smallest absolute Gasteiger partial charge is 0.118 e. The third kappa shape index (κ3) is 2.63. The lowest BCUT2D eigenvalue weighted by Crippen LogP contribution is -2.37. The molecule has 0 spiro atoms. The minimum absolute atomic E-state index is 0.519. The van der Waals surface area contributed by atoms with Crippen LogP contribution in [0.25, 0.3) is 0 Å². The van der Waals surface area contributed by atoms with E-state index in [9.17, 15) is 5.26 Å². The van der Waals surface area contributed by atoms with Crippen molar-refractivity contribution in [2.24, 2.45) is 0 Å². The standard InChI is InChI=1S/C13H13N3S/c14-9-11(13-15-7-4-8-16-13)12(17)10-5-2-1-3-6-10/h1-3,5-6,15-16H,4,7-8H2. The summed E-state index contributed by atoms with van der Waals surface area (Å²) in [5.41, 5.74) is 1.42. The first kappa shape index (κ1) is 11.6. The van der Waals surface area contributed by atoms with E-state index >= 15 is 0 Å². The predicted molar refractivity (Wildman–Crippen MR) is 71.4 cm³/mol. The lowest BCUT2D eigenvalue weighted by Gasteiger charge is -2.20. The summed E-state index contributed by atoms with van der Waals surface area (Å²) in [6, 6.07) is 11.8. The van der Waals surface area contributed by atoms with Gasteiger partial charge in [-0.1, -0.05) is 42.5 Å². The van der Waals surface area contributed by atoms with Gasteiger partial charge in [0.25, 0.3) is 0 Å². The highest BCUT2D eigenvalue weighted by atomic mass is 32.1. The third-order valence-electron chi connectivity index (χ3n) is 2.58. The maximum absolute atomic E-state index is 9.23. The SMILES string of the molecule is N#CC(C(=S)c1ccccc1)=C1NCCCN1. The molecule has 3 nitrogen and oxygen atoms in total. The summed E-state index contributed by atoms with van der Waals surface area (Å²) in [6.45, 7) is 1.76. The van der Waals surface area contributed by atoms with Gasteiger partial charge in [0.05, 0.1) is 4.86 Å². The summed E-state index contributed by atoms with van der Waals surface area (Å²) >= 11 is 5.36. The molecule has 2 rings (SSSR count). The monoisotopic (exact) mass is 243 g/mol. The molecule has 0 aromatic heterocycles. The second-order valence-electron chi connectivity index (χ2n) is 3.76. The van der Waals surface area contributed by atoms with E-state index in [1.807, 2.05) is 30.3 Å². The van der Waals surface area contributed by atoms with Crippen molar-refractivity contribution in [3.8, 4) is 6.07 Å². The van der Waals surface area contributed by atoms with Gasteiger partial charge in [0.2, 0.25) is 0 Å². The highest BCUT2D eigenvalue weighted by Crippen LogP contribution is 2.12. The Bertz CT molecular complexity index is 477. The summed E-state index contributed by atoms with van der Waals surface area (Å²) in [5.74, 6) is 0.757. The van der Waals surface area contributed by atoms with E-state index in [0.29, 0.717) is 10.4 Å². The van der Waals surface area contributed by atoms with E-state index in [1.54, 1.807) is 0 Å². The van der Waals surface area contributed by atoms with Gasteiger partial charge in [0, 0.05) is 13.1 Å². The molecule has 0 unspecified atom stereocenters. The molecule has 4 heteroatoms. The van der Waals surface area contributed by atoms with Gasteiger partial charge < -0.3 is 10.6 Å². The zero-order valence-corrected chi connectivity index (χ0v) is 10.2. The highest BCUT2D eigenvalue weighted by molar-refractivity contribution is 7.81. The molecule has 1 aliphatic heterocycles. The van der Waals surface area contributed by atoms with Gasteiger partial charge in [0.1, 0.15) is 17.5 Å². The molecule has 0 aliphatic carbocycles. The van der Waals surface area contributed by atoms with Gasteiger partial charge in [-0.05, 0) is 12.0 Å². The number of nitrogens with one attached hydrogen (secondary N) is 2. The lowest BCUT2D eigenvalue weighted by atomic mass is 10.1. The quantitative estimate of drug-likeness (QED) is 0.359. The Morgan fingerprint density at radius 2 is 1.82 bits per heavy atom. The summed E-state index contributed by atoms with van der Waals surface area (Å²) in [7, 11) is 0. The van der Waals surface area contributed by atoms with Gasteiger partial charge in [-0.15, -0.1) is 0 Å². The molecule has 1 aromatic rings. The summed E-state index contributed by atoms with van der Waals surface area (Å²) in [4.78, 5) is 0.588. The molecule has 0 bridgehead atoms. The molecule has 2 N–H and O–H groups in total. The second kappa shape index (κ2) is 5.46. The molecule has 1 fully saturated rings. The van der Waals surface area contributed by atoms with Crippen LogP contribution in [0.2, 0.25) is 0 Å². The van der Waals surface area contributed by atoms with Crippen molar-refractivity contribution < 1.29 is 0 Å². The summed E-state index contributed by atoms with van der Waals surface area (Å²) < 4.78 is 0. The molecule has 1 aliphatic rings. The van der Waals surface area contributed by atoms with Crippen molar-refractivity contribution in [1.29, 1.82) is 5.26 Å². The van der Waals surface area contributed by atoms with E-state index in [4.69, 9.17) is 12.2 Å². The minimum atomic E-state index is 0.519. The van der Waals surface area contributed by atoms with E-state index in [0.717, 1.165) is 30.9 Å². The topological polar surface area (TPSA) is 47.9 Å². The Kier molecular flexibility index (Phi) is 3.73. The number of hydrogen-bond donors (Lipinski definition) is 2. The van der Waals surface area contributed by atoms with Gasteiger partial charge in [0.15, 0.2) is 0 Å². The van der Waals surface area contributed by atoms with Crippen molar-refractivity contribution in [1.82, 2.24) is 10.6 Å². The molecule has 0 atom stereocenters. The minimum Gasteiger partial charge on any atom is -0.371 e. The number of benzene rings is 1. The van der Waals surface area contributed by atoms with Crippen molar-refractivity contribution in [3.05, 3.63) is 47.3 Å². The molecule has 86 valence electrons. The molecule has 1 saturated heterocycles. The molecule has 0 saturated carbocycles. The van der Waals surface area contributed by atoms with Gasteiger partial charge in [-0.25, -0.2) is 0 Å². The Morgan fingerprint density at radius 1 is 1.18 bits per heavy atom. The second-order valence-corrected chi connectivity index (χ2v) is 4.17. The number of hydrogen-bond acceptors (Lipinski definition) is 4. The number of rotatable bonds is 2. The summed E-state index contributed by atoms with van der Waals surface area (Å²) in [5, 5.41) is 15.6. The predicted octanol–water partition coefficient (Wildman–Crippen LogP) is 1.72. The van der Waals surface area contributed by atoms with Gasteiger partial charge in [-0.2, -0.15) is 5.26 Å². The van der Waals surface area contributed by atoms with Crippen LogP contribution in [0.1, 0.15) is 12.0 Å². The van der Waals surface area contributed by atoms with E-state index in [1.165, 1.54) is 0 Å². The lowest BCUT2D eigenvalue weighted by molar-refractivity contribution is 0.571. The maximum Gasteiger partial charge on any atom is 0.118 e. The first-order chi connectivity index (χ1) is 8.33. The normalized spacial score (nSPS) is 14.2. The molecule has 0 amide bonds. The Morgan fingerprint density at radius 3 is 2.41 bits per heavy atom. The van der Waals surface area contributed by atoms with Crippen LogP contribution >= 0.6 is 12.2 Å². The zero-order valence-electron chi connectivity index (χ0n) is 9.36. The zero-order chi connectivity index (χ0) is 12.1. The third-order valence-corrected chi connectivity index (χ3v) is 3.02. The fraction of sp³-hybridized carbons (Fsp3) is 0.231. The van der Waals surface area contributed by atoms with Crippen molar-refractivity contribution >= 4 is 17.1 Å². The molecular formula is C13H13N3S. The van der Waals surface area contributed by atoms with E-state index in [-0.39, 0.29) is 0 Å². The summed E-state index contributed by atoms with van der Waals surface area (Å²) in [6.07, 6.45) is 1.06. The van der Waals surface area contributed by atoms with Crippen LogP contribution in [0, 0.1) is 11.3 Å². The van der Waals surface area contributed by atoms with E-state index < -0.39 is 0 Å². The Labute approximate surface area is 106 Å². The van der Waals surface area contributed by atoms with Crippen LogP contribution in [-0.2, 0) is 0 Å². The Balaban J connectivity index is 2.31. The van der Waals surface area contributed by atoms with Crippen molar-refractivity contribution in [2.45, 2.75) is 6.42 Å². The fourth-order valence-corrected chi connectivity index (χ4v) is 1.99. The van der Waals surface area contributed by atoms with Gasteiger partial charge >= 0.3 is 0 Å². The molecular weight excluding hydrogens is 230 g/mol. The van der Waals surface area contributed by atoms with Gasteiger partial charge in [-0.3, -0.25) is 0 Å². The van der Waals surface area contributed by atoms with Crippen LogP contribution in [-0.4, -0.2) is 18.0 Å². The van der Waals surface area contributed by atoms with Crippen LogP contribution in [0.3, 0.4) is 0 Å². The highest BCUT2D eigenvalue weighted by Gasteiger charge is 2.15. The van der Waals surface area contributed by atoms with Crippen LogP contribution in [0.4, 0.5) is 0 Å². The molecule has 1 heterocycles. The van der Waals surface area contributed by atoms with Crippen LogP contribution in [0.5, 0.6) is 0 Å². The molecule has 17 heavy (non-hydrogen) atoms. The number of thiocarbonyl (C=S) groups is 1. The van der Waals surface area contributed by atoms with Crippen LogP contribution < -0.4 is 10.6 Å². The first-order valence-electron chi connectivity index (χ1n) is 5.55. The maximum atomic E-state index is 9.23. The first-order valence-corrected chi connectivity index (χ1v) is 5.95.